The van der Waals surface area contributed by atoms with Crippen LogP contribution in [0.2, 0.25) is 0 Å². The molecule has 1 saturated heterocycles. The molecule has 2 N–H and O–H groups in total. The van der Waals surface area contributed by atoms with Crippen LogP contribution in [0.25, 0.3) is 0 Å². The van der Waals surface area contributed by atoms with Crippen LogP contribution in [0.1, 0.15) is 36.4 Å². The second-order valence-corrected chi connectivity index (χ2v) is 8.45. The van der Waals surface area contributed by atoms with Crippen molar-refractivity contribution in [1.29, 1.82) is 0 Å². The lowest BCUT2D eigenvalue weighted by molar-refractivity contribution is 0.0341. The van der Waals surface area contributed by atoms with E-state index >= 15 is 0 Å². The van der Waals surface area contributed by atoms with Gasteiger partial charge in [0.25, 0.3) is 0 Å². The molecule has 0 radical (unpaired) electrons. The minimum Gasteiger partial charge on any atom is -0.379 e. The van der Waals surface area contributed by atoms with E-state index in [0.717, 1.165) is 64.1 Å². The molecule has 1 aromatic heterocycles. The summed E-state index contributed by atoms with van der Waals surface area (Å²) in [5, 5.41) is 11.5. The fourth-order valence-electron chi connectivity index (χ4n) is 3.86. The van der Waals surface area contributed by atoms with E-state index in [1.165, 1.54) is 16.8 Å². The quantitative estimate of drug-likeness (QED) is 0.477. The standard InChI is InChI=1S/C24H38N6O/c1-5-25-24(26-15-19(2)17-30-21(4)14-20(3)28-30)27-16-22-8-6-7-9-23(22)18-29-10-12-31-13-11-29/h6-9,14,19H,5,10-13,15-18H2,1-4H3,(H2,25,26,27). The Morgan fingerprint density at radius 3 is 2.58 bits per heavy atom. The Kier molecular flexibility index (Phi) is 8.91. The Hall–Kier alpha value is -2.38. The molecule has 2 aromatic rings. The van der Waals surface area contributed by atoms with Crippen molar-refractivity contribution in [2.45, 2.75) is 47.3 Å². The Morgan fingerprint density at radius 1 is 1.16 bits per heavy atom. The highest BCUT2D eigenvalue weighted by atomic mass is 16.5. The topological polar surface area (TPSA) is 66.7 Å². The molecule has 7 nitrogen and oxygen atoms in total. The van der Waals surface area contributed by atoms with Crippen LogP contribution in [0, 0.1) is 19.8 Å². The average molecular weight is 427 g/mol. The minimum absolute atomic E-state index is 0.440. The van der Waals surface area contributed by atoms with Crippen LogP contribution in [-0.4, -0.2) is 60.0 Å². The molecule has 1 aromatic carbocycles. The number of ether oxygens (including phenoxy) is 1. The van der Waals surface area contributed by atoms with Gasteiger partial charge in [-0.2, -0.15) is 5.10 Å². The number of aryl methyl sites for hydroxylation is 2. The highest BCUT2D eigenvalue weighted by Crippen LogP contribution is 2.14. The van der Waals surface area contributed by atoms with Crippen molar-refractivity contribution in [3.8, 4) is 0 Å². The van der Waals surface area contributed by atoms with Crippen molar-refractivity contribution in [2.75, 3.05) is 39.4 Å². The van der Waals surface area contributed by atoms with E-state index in [1.54, 1.807) is 0 Å². The molecular formula is C24H38N6O. The largest absolute Gasteiger partial charge is 0.379 e. The number of guanidine groups is 1. The van der Waals surface area contributed by atoms with E-state index in [1.807, 2.05) is 6.92 Å². The maximum absolute atomic E-state index is 5.48. The lowest BCUT2D eigenvalue weighted by Gasteiger charge is -2.27. The van der Waals surface area contributed by atoms with Gasteiger partial charge in [0.15, 0.2) is 5.96 Å². The van der Waals surface area contributed by atoms with Gasteiger partial charge in [0.2, 0.25) is 0 Å². The Balaban J connectivity index is 1.57. The number of nitrogens with one attached hydrogen (secondary N) is 2. The van der Waals surface area contributed by atoms with Crippen LogP contribution >= 0.6 is 0 Å². The lowest BCUT2D eigenvalue weighted by Crippen LogP contribution is -2.40. The van der Waals surface area contributed by atoms with Crippen LogP contribution in [0.5, 0.6) is 0 Å². The van der Waals surface area contributed by atoms with Gasteiger partial charge >= 0.3 is 0 Å². The summed E-state index contributed by atoms with van der Waals surface area (Å²) >= 11 is 0. The van der Waals surface area contributed by atoms with Crippen LogP contribution in [-0.2, 0) is 24.4 Å². The van der Waals surface area contributed by atoms with Gasteiger partial charge < -0.3 is 15.4 Å². The number of morpholine rings is 1. The van der Waals surface area contributed by atoms with Gasteiger partial charge in [-0.25, -0.2) is 4.99 Å². The second-order valence-electron chi connectivity index (χ2n) is 8.45. The molecule has 0 amide bonds. The Morgan fingerprint density at radius 2 is 1.90 bits per heavy atom. The highest BCUT2D eigenvalue weighted by molar-refractivity contribution is 5.79. The molecule has 1 atom stereocenters. The number of hydrogen-bond donors (Lipinski definition) is 2. The van der Waals surface area contributed by atoms with Crippen LogP contribution < -0.4 is 10.6 Å². The van der Waals surface area contributed by atoms with Gasteiger partial charge in [-0.1, -0.05) is 31.2 Å². The number of hydrogen-bond acceptors (Lipinski definition) is 4. The first kappa shape index (κ1) is 23.3. The Labute approximate surface area is 186 Å². The zero-order chi connectivity index (χ0) is 22.1. The van der Waals surface area contributed by atoms with Crippen molar-refractivity contribution >= 4 is 5.96 Å². The smallest absolute Gasteiger partial charge is 0.191 e. The molecule has 7 heteroatoms. The number of aromatic nitrogens is 2. The fraction of sp³-hybridized carbons (Fsp3) is 0.583. The normalized spacial score (nSPS) is 16.3. The summed E-state index contributed by atoms with van der Waals surface area (Å²) in [5.41, 5.74) is 4.91. The SMILES string of the molecule is CCNC(=NCc1ccccc1CN1CCOCC1)NCC(C)Cn1nc(C)cc1C. The lowest BCUT2D eigenvalue weighted by atomic mass is 10.1. The maximum Gasteiger partial charge on any atom is 0.191 e. The van der Waals surface area contributed by atoms with Crippen molar-refractivity contribution in [3.05, 3.63) is 52.8 Å². The van der Waals surface area contributed by atoms with E-state index < -0.39 is 0 Å². The Bertz CT molecular complexity index is 840. The number of nitrogens with zero attached hydrogens (tertiary/aromatic N) is 4. The molecule has 1 fully saturated rings. The molecule has 0 saturated carbocycles. The van der Waals surface area contributed by atoms with Gasteiger partial charge in [0, 0.05) is 45.0 Å². The summed E-state index contributed by atoms with van der Waals surface area (Å²) < 4.78 is 7.57. The monoisotopic (exact) mass is 426 g/mol. The molecule has 1 aliphatic rings. The molecule has 3 rings (SSSR count). The van der Waals surface area contributed by atoms with E-state index in [0.29, 0.717) is 12.5 Å². The van der Waals surface area contributed by atoms with Gasteiger partial charge in [-0.05, 0) is 43.9 Å². The molecule has 170 valence electrons. The second kappa shape index (κ2) is 11.9. The van der Waals surface area contributed by atoms with Crippen molar-refractivity contribution in [1.82, 2.24) is 25.3 Å². The molecule has 2 heterocycles. The molecular weight excluding hydrogens is 388 g/mol. The third-order valence-electron chi connectivity index (χ3n) is 5.57. The number of rotatable bonds is 9. The van der Waals surface area contributed by atoms with Crippen molar-refractivity contribution in [3.63, 3.8) is 0 Å². The summed E-state index contributed by atoms with van der Waals surface area (Å²) in [7, 11) is 0. The zero-order valence-corrected chi connectivity index (χ0v) is 19.5. The van der Waals surface area contributed by atoms with Crippen LogP contribution in [0.3, 0.4) is 0 Å². The zero-order valence-electron chi connectivity index (χ0n) is 19.5. The summed E-state index contributed by atoms with van der Waals surface area (Å²) in [6.07, 6.45) is 0. The minimum atomic E-state index is 0.440. The predicted molar refractivity (Wildman–Crippen MR) is 126 cm³/mol. The third-order valence-corrected chi connectivity index (χ3v) is 5.57. The molecule has 0 spiro atoms. The maximum atomic E-state index is 5.48. The van der Waals surface area contributed by atoms with Crippen molar-refractivity contribution < 1.29 is 4.74 Å². The summed E-state index contributed by atoms with van der Waals surface area (Å²) in [6.45, 7) is 16.3. The van der Waals surface area contributed by atoms with Gasteiger partial charge in [-0.3, -0.25) is 9.58 Å². The van der Waals surface area contributed by atoms with Gasteiger partial charge in [0.05, 0.1) is 25.5 Å². The van der Waals surface area contributed by atoms with Crippen LogP contribution in [0.15, 0.2) is 35.3 Å². The molecule has 0 bridgehead atoms. The predicted octanol–water partition coefficient (Wildman–Crippen LogP) is 2.72. The summed E-state index contributed by atoms with van der Waals surface area (Å²) in [6, 6.07) is 10.8. The van der Waals surface area contributed by atoms with E-state index in [2.05, 4.69) is 76.4 Å². The van der Waals surface area contributed by atoms with Gasteiger partial charge in [0.1, 0.15) is 0 Å². The van der Waals surface area contributed by atoms with Crippen LogP contribution in [0.4, 0.5) is 0 Å². The fourth-order valence-corrected chi connectivity index (χ4v) is 3.86. The summed E-state index contributed by atoms with van der Waals surface area (Å²) in [5.74, 6) is 1.30. The molecule has 31 heavy (non-hydrogen) atoms. The van der Waals surface area contributed by atoms with E-state index in [9.17, 15) is 0 Å². The highest BCUT2D eigenvalue weighted by Gasteiger charge is 2.13. The van der Waals surface area contributed by atoms with Gasteiger partial charge in [-0.15, -0.1) is 0 Å². The number of aliphatic imine (C=N–C) groups is 1. The summed E-state index contributed by atoms with van der Waals surface area (Å²) in [4.78, 5) is 7.32. The molecule has 1 unspecified atom stereocenters. The molecule has 1 aliphatic heterocycles. The van der Waals surface area contributed by atoms with E-state index in [4.69, 9.17) is 9.73 Å². The van der Waals surface area contributed by atoms with Crippen molar-refractivity contribution in [2.24, 2.45) is 10.9 Å². The average Bonchev–Trinajstić information content (AvgIpc) is 3.08. The third kappa shape index (κ3) is 7.36. The van der Waals surface area contributed by atoms with E-state index in [-0.39, 0.29) is 0 Å². The first-order chi connectivity index (χ1) is 15.0. The number of benzene rings is 1. The molecule has 0 aliphatic carbocycles. The first-order valence-electron chi connectivity index (χ1n) is 11.4. The first-order valence-corrected chi connectivity index (χ1v) is 11.4.